The van der Waals surface area contributed by atoms with Gasteiger partial charge in [0.1, 0.15) is 6.29 Å². The molecule has 0 aliphatic heterocycles. The van der Waals surface area contributed by atoms with Crippen molar-refractivity contribution in [2.75, 3.05) is 18.9 Å². The zero-order valence-corrected chi connectivity index (χ0v) is 12.2. The molecular formula is C15H19NO5. The standard InChI is InChI=1S/C15H19NO5/c1-10(18)20-7-5-13-12(9-17)3-4-15(16)14(13)6-8-21-11(2)19/h3-4,9H,5-8,16H2,1-2H3. The number of rotatable bonds is 7. The topological polar surface area (TPSA) is 95.7 Å². The molecule has 0 aromatic heterocycles. The molecule has 0 saturated carbocycles. The van der Waals surface area contributed by atoms with Gasteiger partial charge < -0.3 is 15.2 Å². The third kappa shape index (κ3) is 5.25. The molecular weight excluding hydrogens is 274 g/mol. The Morgan fingerprint density at radius 2 is 1.57 bits per heavy atom. The highest BCUT2D eigenvalue weighted by molar-refractivity contribution is 5.80. The van der Waals surface area contributed by atoms with Crippen LogP contribution in [0.15, 0.2) is 12.1 Å². The first-order valence-electron chi connectivity index (χ1n) is 6.57. The van der Waals surface area contributed by atoms with Crippen LogP contribution in [0.3, 0.4) is 0 Å². The molecule has 6 nitrogen and oxygen atoms in total. The van der Waals surface area contributed by atoms with Crippen LogP contribution < -0.4 is 5.73 Å². The van der Waals surface area contributed by atoms with Crippen LogP contribution in [0.2, 0.25) is 0 Å². The lowest BCUT2D eigenvalue weighted by atomic mass is 9.95. The van der Waals surface area contributed by atoms with Gasteiger partial charge in [-0.3, -0.25) is 14.4 Å². The predicted molar refractivity (Wildman–Crippen MR) is 76.9 cm³/mol. The third-order valence-electron chi connectivity index (χ3n) is 2.95. The molecule has 0 fully saturated rings. The molecule has 1 rings (SSSR count). The molecule has 0 aliphatic rings. The van der Waals surface area contributed by atoms with Gasteiger partial charge in [-0.15, -0.1) is 0 Å². The Balaban J connectivity index is 2.93. The van der Waals surface area contributed by atoms with Crippen molar-refractivity contribution in [1.29, 1.82) is 0 Å². The number of hydrogen-bond donors (Lipinski definition) is 1. The number of esters is 2. The van der Waals surface area contributed by atoms with E-state index in [1.165, 1.54) is 13.8 Å². The van der Waals surface area contributed by atoms with Crippen molar-refractivity contribution < 1.29 is 23.9 Å². The average molecular weight is 293 g/mol. The van der Waals surface area contributed by atoms with E-state index in [2.05, 4.69) is 0 Å². The fourth-order valence-electron chi connectivity index (χ4n) is 2.02. The van der Waals surface area contributed by atoms with Crippen molar-refractivity contribution in [2.45, 2.75) is 26.7 Å². The summed E-state index contributed by atoms with van der Waals surface area (Å²) < 4.78 is 9.81. The first-order valence-corrected chi connectivity index (χ1v) is 6.57. The zero-order valence-electron chi connectivity index (χ0n) is 12.2. The molecule has 6 heteroatoms. The minimum Gasteiger partial charge on any atom is -0.466 e. The van der Waals surface area contributed by atoms with E-state index in [1.54, 1.807) is 12.1 Å². The van der Waals surface area contributed by atoms with Crippen LogP contribution >= 0.6 is 0 Å². The van der Waals surface area contributed by atoms with E-state index in [0.717, 1.165) is 17.4 Å². The highest BCUT2D eigenvalue weighted by Gasteiger charge is 2.12. The number of ether oxygens (including phenoxy) is 2. The van der Waals surface area contributed by atoms with Gasteiger partial charge in [-0.1, -0.05) is 0 Å². The lowest BCUT2D eigenvalue weighted by Gasteiger charge is -2.14. The van der Waals surface area contributed by atoms with E-state index in [0.29, 0.717) is 24.1 Å². The van der Waals surface area contributed by atoms with Gasteiger partial charge >= 0.3 is 11.9 Å². The molecule has 0 radical (unpaired) electrons. The van der Waals surface area contributed by atoms with Gasteiger partial charge in [-0.2, -0.15) is 0 Å². The third-order valence-corrected chi connectivity index (χ3v) is 2.95. The Labute approximate surface area is 123 Å². The lowest BCUT2D eigenvalue weighted by molar-refractivity contribution is -0.141. The number of nitrogens with two attached hydrogens (primary N) is 1. The Bertz CT molecular complexity index is 539. The van der Waals surface area contributed by atoms with Crippen LogP contribution in [0.25, 0.3) is 0 Å². The van der Waals surface area contributed by atoms with E-state index in [1.807, 2.05) is 0 Å². The Morgan fingerprint density at radius 3 is 2.05 bits per heavy atom. The van der Waals surface area contributed by atoms with E-state index in [4.69, 9.17) is 15.2 Å². The number of nitrogen functional groups attached to an aromatic ring is 1. The maximum Gasteiger partial charge on any atom is 0.302 e. The fraction of sp³-hybridized carbons (Fsp3) is 0.400. The minimum absolute atomic E-state index is 0.167. The molecule has 1 aromatic rings. The maximum absolute atomic E-state index is 11.1. The second-order valence-corrected chi connectivity index (χ2v) is 4.50. The summed E-state index contributed by atoms with van der Waals surface area (Å²) in [6, 6.07) is 3.27. The van der Waals surface area contributed by atoms with Crippen LogP contribution in [0.5, 0.6) is 0 Å². The monoisotopic (exact) mass is 293 g/mol. The summed E-state index contributed by atoms with van der Waals surface area (Å²) in [4.78, 5) is 32.8. The summed E-state index contributed by atoms with van der Waals surface area (Å²) >= 11 is 0. The largest absolute Gasteiger partial charge is 0.466 e. The van der Waals surface area contributed by atoms with Crippen molar-refractivity contribution in [1.82, 2.24) is 0 Å². The SMILES string of the molecule is CC(=O)OCCc1c(N)ccc(C=O)c1CCOC(C)=O. The first kappa shape index (κ1) is 16.7. The van der Waals surface area contributed by atoms with E-state index < -0.39 is 0 Å². The summed E-state index contributed by atoms with van der Waals surface area (Å²) in [5.41, 5.74) is 8.41. The van der Waals surface area contributed by atoms with Gasteiger partial charge in [0.05, 0.1) is 13.2 Å². The number of hydrogen-bond acceptors (Lipinski definition) is 6. The van der Waals surface area contributed by atoms with Gasteiger partial charge in [-0.25, -0.2) is 0 Å². The molecule has 1 aromatic carbocycles. The molecule has 0 spiro atoms. The molecule has 2 N–H and O–H groups in total. The normalized spacial score (nSPS) is 10.0. The number of carbonyl (C=O) groups is 3. The molecule has 21 heavy (non-hydrogen) atoms. The molecule has 0 bridgehead atoms. The van der Waals surface area contributed by atoms with Crippen molar-refractivity contribution in [3.05, 3.63) is 28.8 Å². The Kier molecular flexibility index (Phi) is 6.39. The molecule has 0 amide bonds. The van der Waals surface area contributed by atoms with Crippen LogP contribution in [0.1, 0.15) is 35.3 Å². The number of benzene rings is 1. The van der Waals surface area contributed by atoms with Crippen molar-refractivity contribution in [3.8, 4) is 0 Å². The number of aldehydes is 1. The second-order valence-electron chi connectivity index (χ2n) is 4.50. The molecule has 0 heterocycles. The lowest BCUT2D eigenvalue weighted by Crippen LogP contribution is -2.12. The van der Waals surface area contributed by atoms with Gasteiger partial charge in [0, 0.05) is 37.9 Å². The van der Waals surface area contributed by atoms with Gasteiger partial charge in [0.15, 0.2) is 0 Å². The molecule has 0 aliphatic carbocycles. The van der Waals surface area contributed by atoms with Crippen LogP contribution in [0.4, 0.5) is 5.69 Å². The van der Waals surface area contributed by atoms with E-state index >= 15 is 0 Å². The van der Waals surface area contributed by atoms with Gasteiger partial charge in [0.25, 0.3) is 0 Å². The maximum atomic E-state index is 11.1. The summed E-state index contributed by atoms with van der Waals surface area (Å²) in [6.07, 6.45) is 1.52. The van der Waals surface area contributed by atoms with Crippen LogP contribution in [-0.2, 0) is 31.9 Å². The van der Waals surface area contributed by atoms with Crippen molar-refractivity contribution in [2.24, 2.45) is 0 Å². The van der Waals surface area contributed by atoms with Gasteiger partial charge in [0.2, 0.25) is 0 Å². The quantitative estimate of drug-likeness (QED) is 0.462. The number of anilines is 1. The zero-order chi connectivity index (χ0) is 15.8. The van der Waals surface area contributed by atoms with Crippen LogP contribution in [0, 0.1) is 0 Å². The highest BCUT2D eigenvalue weighted by Crippen LogP contribution is 2.22. The first-order chi connectivity index (χ1) is 9.95. The van der Waals surface area contributed by atoms with Gasteiger partial charge in [-0.05, 0) is 23.3 Å². The number of carbonyl (C=O) groups excluding carboxylic acids is 3. The molecule has 114 valence electrons. The fourth-order valence-corrected chi connectivity index (χ4v) is 2.02. The minimum atomic E-state index is -0.381. The summed E-state index contributed by atoms with van der Waals surface area (Å²) in [5.74, 6) is -0.755. The molecule has 0 saturated heterocycles. The second kappa shape index (κ2) is 8.04. The smallest absolute Gasteiger partial charge is 0.302 e. The van der Waals surface area contributed by atoms with Crippen molar-refractivity contribution in [3.63, 3.8) is 0 Å². The van der Waals surface area contributed by atoms with E-state index in [-0.39, 0.29) is 25.2 Å². The van der Waals surface area contributed by atoms with Crippen molar-refractivity contribution >= 4 is 23.9 Å². The molecule has 0 unspecified atom stereocenters. The molecule has 0 atom stereocenters. The Hall–Kier alpha value is -2.37. The highest BCUT2D eigenvalue weighted by atomic mass is 16.5. The Morgan fingerprint density at radius 1 is 1.05 bits per heavy atom. The predicted octanol–water partition coefficient (Wildman–Crippen LogP) is 1.29. The van der Waals surface area contributed by atoms with Crippen LogP contribution in [-0.4, -0.2) is 31.4 Å². The average Bonchev–Trinajstić information content (AvgIpc) is 2.41. The summed E-state index contributed by atoms with van der Waals surface area (Å²) in [6.45, 7) is 3.00. The van der Waals surface area contributed by atoms with E-state index in [9.17, 15) is 14.4 Å². The summed E-state index contributed by atoms with van der Waals surface area (Å²) in [5, 5.41) is 0. The summed E-state index contributed by atoms with van der Waals surface area (Å²) in [7, 11) is 0.